The average Bonchev–Trinajstić information content (AvgIpc) is 2.44. The van der Waals surface area contributed by atoms with E-state index in [0.29, 0.717) is 10.8 Å². The standard InChI is InChI=1S/C6H5ClO.C6H6O.C2H2Cl4/c7-5-3-1-2-4-6(5)8;7-6-4-2-1-3-5-6;3-1(4)2(5)6/h1-4,8H;1-5,7H;1-2H. The second-order valence-electron chi connectivity index (χ2n) is 3.46. The number of phenolic OH excluding ortho intramolecular Hbond substituents is 2. The summed E-state index contributed by atoms with van der Waals surface area (Å²) in [6.45, 7) is 0. The van der Waals surface area contributed by atoms with E-state index in [1.54, 1.807) is 48.5 Å². The molecule has 0 atom stereocenters. The maximum Gasteiger partial charge on any atom is 0.137 e. The lowest BCUT2D eigenvalue weighted by molar-refractivity contribution is 0.475. The zero-order valence-electron chi connectivity index (χ0n) is 10.6. The van der Waals surface area contributed by atoms with Gasteiger partial charge in [0, 0.05) is 0 Å². The molecular weight excluding hydrogens is 377 g/mol. The summed E-state index contributed by atoms with van der Waals surface area (Å²) in [6, 6.07) is 15.4. The number of aromatic hydroxyl groups is 2. The quantitative estimate of drug-likeness (QED) is 0.584. The molecule has 0 aliphatic carbocycles. The van der Waals surface area contributed by atoms with E-state index in [-0.39, 0.29) is 5.75 Å². The van der Waals surface area contributed by atoms with Crippen LogP contribution in [0.15, 0.2) is 54.6 Å². The van der Waals surface area contributed by atoms with Gasteiger partial charge >= 0.3 is 0 Å². The van der Waals surface area contributed by atoms with Crippen LogP contribution in [0.3, 0.4) is 0 Å². The van der Waals surface area contributed by atoms with Crippen molar-refractivity contribution >= 4 is 58.0 Å². The van der Waals surface area contributed by atoms with Crippen LogP contribution >= 0.6 is 58.0 Å². The molecular formula is C14H13Cl5O2. The van der Waals surface area contributed by atoms with E-state index in [1.807, 2.05) is 6.07 Å². The highest BCUT2D eigenvalue weighted by atomic mass is 35.5. The molecule has 0 heterocycles. The minimum absolute atomic E-state index is 0.133. The number of alkyl halides is 4. The first-order valence-electron chi connectivity index (χ1n) is 5.58. The molecule has 0 amide bonds. The molecule has 0 unspecified atom stereocenters. The van der Waals surface area contributed by atoms with E-state index < -0.39 is 9.67 Å². The fourth-order valence-corrected chi connectivity index (χ4v) is 1.02. The van der Waals surface area contributed by atoms with Crippen LogP contribution in [-0.2, 0) is 0 Å². The highest BCUT2D eigenvalue weighted by Crippen LogP contribution is 2.20. The Hall–Kier alpha value is -0.510. The first-order chi connectivity index (χ1) is 9.84. The van der Waals surface area contributed by atoms with E-state index in [2.05, 4.69) is 0 Å². The van der Waals surface area contributed by atoms with E-state index in [0.717, 1.165) is 0 Å². The normalized spacial score (nSPS) is 9.48. The molecule has 7 heteroatoms. The second kappa shape index (κ2) is 12.1. The fraction of sp³-hybridized carbons (Fsp3) is 0.143. The predicted octanol–water partition coefficient (Wildman–Crippen LogP) is 6.03. The summed E-state index contributed by atoms with van der Waals surface area (Å²) in [6.07, 6.45) is 0. The molecule has 2 N–H and O–H groups in total. The van der Waals surface area contributed by atoms with Gasteiger partial charge in [-0.3, -0.25) is 0 Å². The Morgan fingerprint density at radius 3 is 1.33 bits per heavy atom. The Kier molecular flexibility index (Phi) is 11.8. The van der Waals surface area contributed by atoms with E-state index in [9.17, 15) is 0 Å². The summed E-state index contributed by atoms with van der Waals surface area (Å²) in [5, 5.41) is 17.8. The number of halogens is 5. The minimum Gasteiger partial charge on any atom is -0.508 e. The monoisotopic (exact) mass is 388 g/mol. The van der Waals surface area contributed by atoms with Crippen molar-refractivity contribution in [3.05, 3.63) is 59.6 Å². The van der Waals surface area contributed by atoms with Crippen molar-refractivity contribution in [2.24, 2.45) is 0 Å². The number of para-hydroxylation sites is 2. The Morgan fingerprint density at radius 1 is 0.667 bits per heavy atom. The summed E-state index contributed by atoms with van der Waals surface area (Å²) >= 11 is 25.9. The highest BCUT2D eigenvalue weighted by molar-refractivity contribution is 6.56. The van der Waals surface area contributed by atoms with Gasteiger partial charge in [-0.2, -0.15) is 0 Å². The minimum atomic E-state index is -0.673. The third kappa shape index (κ3) is 11.8. The van der Waals surface area contributed by atoms with Crippen LogP contribution in [0.2, 0.25) is 5.02 Å². The number of phenols is 2. The zero-order valence-corrected chi connectivity index (χ0v) is 14.4. The van der Waals surface area contributed by atoms with Crippen LogP contribution in [-0.4, -0.2) is 19.9 Å². The first-order valence-corrected chi connectivity index (χ1v) is 7.70. The number of rotatable bonds is 1. The van der Waals surface area contributed by atoms with Crippen molar-refractivity contribution in [2.45, 2.75) is 9.67 Å². The van der Waals surface area contributed by atoms with Crippen LogP contribution in [0.25, 0.3) is 0 Å². The molecule has 0 saturated heterocycles. The molecule has 116 valence electrons. The van der Waals surface area contributed by atoms with Crippen molar-refractivity contribution in [1.82, 2.24) is 0 Å². The SMILES string of the molecule is ClC(Cl)C(Cl)Cl.Oc1ccccc1.Oc1ccccc1Cl. The Balaban J connectivity index is 0.000000290. The van der Waals surface area contributed by atoms with Crippen molar-refractivity contribution in [1.29, 1.82) is 0 Å². The lowest BCUT2D eigenvalue weighted by Crippen LogP contribution is -1.96. The summed E-state index contributed by atoms with van der Waals surface area (Å²) in [7, 11) is 0. The average molecular weight is 391 g/mol. The largest absolute Gasteiger partial charge is 0.508 e. The third-order valence-corrected chi connectivity index (χ3v) is 3.64. The molecule has 0 saturated carbocycles. The number of hydrogen-bond donors (Lipinski definition) is 2. The molecule has 0 aliphatic heterocycles. The lowest BCUT2D eigenvalue weighted by atomic mass is 10.3. The van der Waals surface area contributed by atoms with Crippen molar-refractivity contribution in [3.8, 4) is 11.5 Å². The fourth-order valence-electron chi connectivity index (χ4n) is 0.880. The summed E-state index contributed by atoms with van der Waals surface area (Å²) in [5.41, 5.74) is 0. The zero-order chi connectivity index (χ0) is 16.3. The number of hydrogen-bond acceptors (Lipinski definition) is 2. The summed E-state index contributed by atoms with van der Waals surface area (Å²) in [5.74, 6) is 0.455. The molecule has 0 spiro atoms. The molecule has 21 heavy (non-hydrogen) atoms. The predicted molar refractivity (Wildman–Crippen MR) is 92.2 cm³/mol. The maximum absolute atomic E-state index is 8.79. The molecule has 0 radical (unpaired) electrons. The van der Waals surface area contributed by atoms with Gasteiger partial charge in [0.25, 0.3) is 0 Å². The van der Waals surface area contributed by atoms with Crippen molar-refractivity contribution < 1.29 is 10.2 Å². The summed E-state index contributed by atoms with van der Waals surface area (Å²) in [4.78, 5) is -1.35. The topological polar surface area (TPSA) is 40.5 Å². The van der Waals surface area contributed by atoms with Gasteiger partial charge in [-0.15, -0.1) is 46.4 Å². The van der Waals surface area contributed by atoms with Gasteiger partial charge in [-0.1, -0.05) is 41.9 Å². The van der Waals surface area contributed by atoms with Crippen LogP contribution in [0.5, 0.6) is 11.5 Å². The van der Waals surface area contributed by atoms with Crippen LogP contribution in [0.1, 0.15) is 0 Å². The molecule has 2 nitrogen and oxygen atoms in total. The maximum atomic E-state index is 8.79. The van der Waals surface area contributed by atoms with Crippen molar-refractivity contribution in [3.63, 3.8) is 0 Å². The van der Waals surface area contributed by atoms with Gasteiger partial charge in [0.15, 0.2) is 0 Å². The lowest BCUT2D eigenvalue weighted by Gasteiger charge is -1.95. The van der Waals surface area contributed by atoms with Gasteiger partial charge in [0.1, 0.15) is 21.2 Å². The van der Waals surface area contributed by atoms with Crippen molar-refractivity contribution in [2.75, 3.05) is 0 Å². The molecule has 2 aromatic rings. The van der Waals surface area contributed by atoms with E-state index in [1.165, 1.54) is 0 Å². The molecule has 0 fully saturated rings. The van der Waals surface area contributed by atoms with Gasteiger partial charge < -0.3 is 10.2 Å². The van der Waals surface area contributed by atoms with Gasteiger partial charge in [-0.25, -0.2) is 0 Å². The van der Waals surface area contributed by atoms with E-state index in [4.69, 9.17) is 68.2 Å². The Morgan fingerprint density at radius 2 is 1.10 bits per heavy atom. The molecule has 2 aromatic carbocycles. The Bertz CT molecular complexity index is 465. The molecule has 0 bridgehead atoms. The van der Waals surface area contributed by atoms with Crippen LogP contribution < -0.4 is 0 Å². The summed E-state index contributed by atoms with van der Waals surface area (Å²) < 4.78 is 0. The van der Waals surface area contributed by atoms with Gasteiger partial charge in [0.05, 0.1) is 5.02 Å². The van der Waals surface area contributed by atoms with E-state index >= 15 is 0 Å². The van der Waals surface area contributed by atoms with Crippen LogP contribution in [0.4, 0.5) is 0 Å². The first kappa shape index (κ1) is 20.5. The smallest absolute Gasteiger partial charge is 0.137 e. The van der Waals surface area contributed by atoms with Gasteiger partial charge in [-0.05, 0) is 24.3 Å². The molecule has 0 aromatic heterocycles. The number of benzene rings is 2. The van der Waals surface area contributed by atoms with Crippen LogP contribution in [0, 0.1) is 0 Å². The highest BCUT2D eigenvalue weighted by Gasteiger charge is 2.06. The second-order valence-corrected chi connectivity index (χ2v) is 6.19. The molecule has 0 aliphatic rings. The Labute approximate surface area is 148 Å². The van der Waals surface area contributed by atoms with Gasteiger partial charge in [0.2, 0.25) is 0 Å². The molecule has 2 rings (SSSR count). The third-order valence-electron chi connectivity index (χ3n) is 1.80.